The third kappa shape index (κ3) is 5.63. The van der Waals surface area contributed by atoms with Gasteiger partial charge in [0.1, 0.15) is 0 Å². The molecule has 1 unspecified atom stereocenters. The normalized spacial score (nSPS) is 12.2. The Balaban J connectivity index is 0.00000140. The van der Waals surface area contributed by atoms with Gasteiger partial charge in [0.15, 0.2) is 0 Å². The molecule has 0 aromatic heterocycles. The molecule has 0 amide bonds. The fourth-order valence-electron chi connectivity index (χ4n) is 3.27. The van der Waals surface area contributed by atoms with Crippen molar-refractivity contribution in [2.75, 3.05) is 0 Å². The fourth-order valence-corrected chi connectivity index (χ4v) is 12.5. The van der Waals surface area contributed by atoms with Gasteiger partial charge in [0.25, 0.3) is 0 Å². The van der Waals surface area contributed by atoms with Gasteiger partial charge in [0.2, 0.25) is 0 Å². The van der Waals surface area contributed by atoms with E-state index in [4.69, 9.17) is 0 Å². The Morgan fingerprint density at radius 3 is 1.64 bits per heavy atom. The molecule has 0 spiro atoms. The van der Waals surface area contributed by atoms with Gasteiger partial charge in [-0.15, -0.1) is 24.8 Å². The van der Waals surface area contributed by atoms with Gasteiger partial charge in [-0.05, 0) is 0 Å². The van der Waals surface area contributed by atoms with Crippen LogP contribution in [0.2, 0.25) is 0 Å². The third-order valence-electron chi connectivity index (χ3n) is 4.51. The number of benzene rings is 3. The van der Waals surface area contributed by atoms with E-state index in [1.165, 1.54) is 16.4 Å². The quantitative estimate of drug-likeness (QED) is 0.302. The third-order valence-corrected chi connectivity index (χ3v) is 13.5. The van der Waals surface area contributed by atoms with Crippen LogP contribution < -0.4 is 5.30 Å². The number of allylic oxidation sites excluding steroid dienone is 4. The second kappa shape index (κ2) is 11.7. The van der Waals surface area contributed by atoms with Crippen LogP contribution in [0.15, 0.2) is 113 Å². The molecule has 1 aliphatic carbocycles. The molecular formula is C24H23Cl2PTi. The van der Waals surface area contributed by atoms with E-state index < -0.39 is 16.9 Å². The Labute approximate surface area is 187 Å². The van der Waals surface area contributed by atoms with E-state index in [2.05, 4.69) is 109 Å². The molecular weight excluding hydrogens is 438 g/mol. The van der Waals surface area contributed by atoms with Crippen LogP contribution in [0.1, 0.15) is 17.5 Å². The maximum atomic E-state index is 2.39. The van der Waals surface area contributed by atoms with Crippen LogP contribution in [-0.2, 0) is 16.9 Å². The second-order valence-electron chi connectivity index (χ2n) is 6.30. The van der Waals surface area contributed by atoms with Crippen LogP contribution in [0.5, 0.6) is 0 Å². The van der Waals surface area contributed by atoms with Crippen LogP contribution in [0, 0.1) is 0 Å². The Kier molecular flexibility index (Phi) is 9.59. The van der Waals surface area contributed by atoms with Crippen molar-refractivity contribution in [2.45, 2.75) is 6.42 Å². The largest absolute Gasteiger partial charge is 0.147 e. The molecule has 0 heterocycles. The molecule has 3 aromatic rings. The van der Waals surface area contributed by atoms with Crippen LogP contribution in [0.3, 0.4) is 0 Å². The van der Waals surface area contributed by atoms with Gasteiger partial charge in [-0.1, -0.05) is 0 Å². The molecule has 28 heavy (non-hydrogen) atoms. The van der Waals surface area contributed by atoms with Gasteiger partial charge >= 0.3 is 163 Å². The average Bonchev–Trinajstić information content (AvgIpc) is 3.25. The summed E-state index contributed by atoms with van der Waals surface area (Å²) in [7, 11) is 0. The smallest absolute Gasteiger partial charge is 0.147 e. The summed E-state index contributed by atoms with van der Waals surface area (Å²) in [6.07, 6.45) is 8.06. The predicted octanol–water partition coefficient (Wildman–Crippen LogP) is 6.48. The molecule has 0 nitrogen and oxygen atoms in total. The summed E-state index contributed by atoms with van der Waals surface area (Å²) < 4.78 is 3.28. The molecule has 0 fully saturated rings. The second-order valence-corrected chi connectivity index (χ2v) is 13.3. The van der Waals surface area contributed by atoms with Crippen molar-refractivity contribution in [3.63, 3.8) is 0 Å². The minimum Gasteiger partial charge on any atom is -0.147 e. The van der Waals surface area contributed by atoms with Crippen molar-refractivity contribution < 1.29 is 16.9 Å². The summed E-state index contributed by atoms with van der Waals surface area (Å²) in [5, 5.41) is 1.49. The summed E-state index contributed by atoms with van der Waals surface area (Å²) in [4.78, 5) is 0. The minimum absolute atomic E-state index is 0. The van der Waals surface area contributed by atoms with Gasteiger partial charge < -0.3 is 0 Å². The summed E-state index contributed by atoms with van der Waals surface area (Å²) in [6.45, 7) is 0.882. The van der Waals surface area contributed by atoms with Crippen molar-refractivity contribution in [2.24, 2.45) is 0 Å². The van der Waals surface area contributed by atoms with E-state index in [0.29, 0.717) is 0 Å². The van der Waals surface area contributed by atoms with E-state index in [1.807, 2.05) is 0 Å². The topological polar surface area (TPSA) is 0 Å². The number of rotatable bonds is 5. The van der Waals surface area contributed by atoms with Gasteiger partial charge in [-0.25, -0.2) is 0 Å². The van der Waals surface area contributed by atoms with Crippen molar-refractivity contribution in [3.05, 3.63) is 124 Å². The molecule has 3 aromatic carbocycles. The van der Waals surface area contributed by atoms with Crippen LogP contribution in [-0.4, -0.2) is 3.81 Å². The zero-order valence-electron chi connectivity index (χ0n) is 15.4. The Morgan fingerprint density at radius 1 is 0.679 bits per heavy atom. The zero-order valence-corrected chi connectivity index (χ0v) is 19.6. The van der Waals surface area contributed by atoms with Crippen LogP contribution in [0.25, 0.3) is 0 Å². The summed E-state index contributed by atoms with van der Waals surface area (Å²) >= 11 is -1.69. The van der Waals surface area contributed by atoms with Gasteiger partial charge in [0, 0.05) is 0 Å². The van der Waals surface area contributed by atoms with Gasteiger partial charge in [-0.2, -0.15) is 0 Å². The molecule has 0 radical (unpaired) electrons. The van der Waals surface area contributed by atoms with Gasteiger partial charge in [0.05, 0.1) is 0 Å². The predicted molar refractivity (Wildman–Crippen MR) is 127 cm³/mol. The van der Waals surface area contributed by atoms with Crippen molar-refractivity contribution in [1.82, 2.24) is 0 Å². The molecule has 0 bridgehead atoms. The Morgan fingerprint density at radius 2 is 1.18 bits per heavy atom. The van der Waals surface area contributed by atoms with E-state index in [-0.39, 0.29) is 24.8 Å². The average molecular weight is 461 g/mol. The fraction of sp³-hybridized carbons (Fsp3) is 0.0417. The van der Waals surface area contributed by atoms with E-state index in [1.54, 1.807) is 7.69 Å². The van der Waals surface area contributed by atoms with Crippen LogP contribution >= 0.6 is 31.4 Å². The molecule has 142 valence electrons. The van der Waals surface area contributed by atoms with E-state index in [9.17, 15) is 0 Å². The standard InChI is InChI=1S/C13H10.C6H6P.C5H5.2ClH.Ti/c1-3-7-12(8-4-1)11-13-9-5-2-6-10-13;7-6-4-2-1-3-5-6;1-2-4-5-3-1;;;/h1-10H;1-5,7H;1-3H,4H2;2*1H;/q;-1;;;;+1. The first-order valence-corrected chi connectivity index (χ1v) is 13.9. The van der Waals surface area contributed by atoms with Crippen molar-refractivity contribution in [1.29, 1.82) is 0 Å². The molecule has 4 rings (SSSR count). The SMILES string of the molecule is C1=CC[C]([Ti]([PH]c2ccccc2)=[C](c2ccccc2)c2ccccc2)=C1.Cl.Cl. The van der Waals surface area contributed by atoms with Crippen molar-refractivity contribution in [3.8, 4) is 0 Å². The maximum Gasteiger partial charge on any atom is -0.147 e. The van der Waals surface area contributed by atoms with Crippen LogP contribution in [0.4, 0.5) is 0 Å². The number of hydrogen-bond donors (Lipinski definition) is 0. The van der Waals surface area contributed by atoms with E-state index >= 15 is 0 Å². The molecule has 4 heteroatoms. The maximum absolute atomic E-state index is 2.39. The first-order chi connectivity index (χ1) is 12.9. The van der Waals surface area contributed by atoms with Gasteiger partial charge in [-0.3, -0.25) is 0 Å². The van der Waals surface area contributed by atoms with Crippen molar-refractivity contribution >= 4 is 40.5 Å². The monoisotopic (exact) mass is 460 g/mol. The van der Waals surface area contributed by atoms with E-state index in [0.717, 1.165) is 13.0 Å². The Hall–Kier alpha value is -1.27. The first kappa shape index (κ1) is 23.0. The molecule has 1 aliphatic rings. The minimum atomic E-state index is -1.69. The summed E-state index contributed by atoms with van der Waals surface area (Å²) in [5.41, 5.74) is 2.79. The zero-order chi connectivity index (χ0) is 17.6. The molecule has 0 saturated heterocycles. The first-order valence-electron chi connectivity index (χ1n) is 8.95. The number of halogens is 2. The molecule has 1 atom stereocenters. The molecule has 0 aliphatic heterocycles. The Bertz CT molecular complexity index is 924. The summed E-state index contributed by atoms with van der Waals surface area (Å²) in [5.74, 6) is 0. The number of hydrogen-bond acceptors (Lipinski definition) is 0. The summed E-state index contributed by atoms with van der Waals surface area (Å²) in [6, 6.07) is 33.1. The molecule has 0 saturated carbocycles. The molecule has 0 N–H and O–H groups in total.